The number of aliphatic hydroxyl groups excluding tert-OH is 1. The average molecular weight is 248 g/mol. The minimum Gasteiger partial charge on any atom is -0.494 e. The van der Waals surface area contributed by atoms with Gasteiger partial charge in [0.05, 0.1) is 6.10 Å². The Labute approximate surface area is 110 Å². The molecule has 0 fully saturated rings. The van der Waals surface area contributed by atoms with Gasteiger partial charge in [-0.25, -0.2) is 0 Å². The van der Waals surface area contributed by atoms with E-state index in [2.05, 4.69) is 26.8 Å². The van der Waals surface area contributed by atoms with Crippen molar-refractivity contribution in [3.05, 3.63) is 23.0 Å². The summed E-state index contributed by atoms with van der Waals surface area (Å²) >= 11 is 0. The summed E-state index contributed by atoms with van der Waals surface area (Å²) in [7, 11) is 0. The van der Waals surface area contributed by atoms with Crippen LogP contribution >= 0.6 is 0 Å². The van der Waals surface area contributed by atoms with Crippen molar-refractivity contribution in [2.45, 2.75) is 58.7 Å². The molecular weight excluding hydrogens is 224 g/mol. The van der Waals surface area contributed by atoms with Crippen molar-refractivity contribution in [1.82, 2.24) is 0 Å². The molecule has 3 rings (SSSR count). The molecule has 0 saturated carbocycles. The van der Waals surface area contributed by atoms with Gasteiger partial charge >= 0.3 is 0 Å². The van der Waals surface area contributed by atoms with Crippen LogP contribution in [0.25, 0.3) is 0 Å². The largest absolute Gasteiger partial charge is 0.494 e. The second kappa shape index (κ2) is 4.41. The lowest BCUT2D eigenvalue weighted by atomic mass is 9.72. The predicted molar refractivity (Wildman–Crippen MR) is 71.9 cm³/mol. The van der Waals surface area contributed by atoms with Gasteiger partial charge in [0, 0.05) is 12.3 Å². The Hall–Kier alpha value is -0.760. The highest BCUT2D eigenvalue weighted by Crippen LogP contribution is 2.49. The Morgan fingerprint density at radius 1 is 1.39 bits per heavy atom. The number of allylic oxidation sites excluding steroid dienone is 2. The molecular formula is C16H24O2. The fourth-order valence-electron chi connectivity index (χ4n) is 3.98. The summed E-state index contributed by atoms with van der Waals surface area (Å²) in [6, 6.07) is 0. The van der Waals surface area contributed by atoms with Crippen LogP contribution in [0.2, 0.25) is 0 Å². The molecule has 1 N–H and O–H groups in total. The first-order chi connectivity index (χ1) is 8.63. The molecule has 0 spiro atoms. The number of hydrogen-bond donors (Lipinski definition) is 1. The zero-order chi connectivity index (χ0) is 12.9. The van der Waals surface area contributed by atoms with E-state index in [4.69, 9.17) is 4.74 Å². The smallest absolute Gasteiger partial charge is 0.101 e. The molecule has 2 nitrogen and oxygen atoms in total. The van der Waals surface area contributed by atoms with Crippen LogP contribution in [0.3, 0.4) is 0 Å². The maximum absolute atomic E-state index is 10.0. The van der Waals surface area contributed by atoms with Crippen molar-refractivity contribution in [3.63, 3.8) is 0 Å². The van der Waals surface area contributed by atoms with Gasteiger partial charge in [0.25, 0.3) is 0 Å². The molecule has 0 aromatic heterocycles. The maximum Gasteiger partial charge on any atom is 0.101 e. The first kappa shape index (κ1) is 12.3. The van der Waals surface area contributed by atoms with Gasteiger partial charge in [-0.15, -0.1) is 0 Å². The van der Waals surface area contributed by atoms with Crippen LogP contribution in [0.1, 0.15) is 46.5 Å². The highest BCUT2D eigenvalue weighted by molar-refractivity contribution is 5.44. The summed E-state index contributed by atoms with van der Waals surface area (Å²) in [6.45, 7) is 6.85. The Balaban J connectivity index is 1.97. The second-order valence-electron chi connectivity index (χ2n) is 6.16. The summed E-state index contributed by atoms with van der Waals surface area (Å²) in [4.78, 5) is 0. The Morgan fingerprint density at radius 2 is 2.17 bits per heavy atom. The quantitative estimate of drug-likeness (QED) is 0.770. The Bertz CT molecular complexity index is 407. The number of fused-ring (bicyclic) bond motifs is 2. The van der Waals surface area contributed by atoms with E-state index in [-0.39, 0.29) is 6.10 Å². The molecule has 1 heterocycles. The maximum atomic E-state index is 10.0. The van der Waals surface area contributed by atoms with E-state index >= 15 is 0 Å². The van der Waals surface area contributed by atoms with Gasteiger partial charge in [0.15, 0.2) is 0 Å². The van der Waals surface area contributed by atoms with Gasteiger partial charge in [0.2, 0.25) is 0 Å². The van der Waals surface area contributed by atoms with Crippen molar-refractivity contribution < 1.29 is 9.84 Å². The number of aliphatic hydroxyl groups is 1. The third kappa shape index (κ3) is 1.65. The first-order valence-corrected chi connectivity index (χ1v) is 7.41. The molecule has 100 valence electrons. The van der Waals surface area contributed by atoms with Crippen molar-refractivity contribution in [3.8, 4) is 0 Å². The molecule has 0 amide bonds. The molecule has 1 aliphatic heterocycles. The fraction of sp³-hybridized carbons (Fsp3) is 0.750. The molecule has 2 aliphatic carbocycles. The lowest BCUT2D eigenvalue weighted by molar-refractivity contribution is 0.0151. The highest BCUT2D eigenvalue weighted by Gasteiger charge is 2.42. The standard InChI is InChI=1S/C16H24O2/c1-4-14-9(2)10(3)16-12-5-7-13(17)11(12)6-8-15(16)18-14/h5,9-11,13-14,17H,4,6-8H2,1-3H3/t9?,10?,11-,13+,14?/m1/s1. The van der Waals surface area contributed by atoms with E-state index in [9.17, 15) is 5.11 Å². The first-order valence-electron chi connectivity index (χ1n) is 7.41. The minimum atomic E-state index is -0.152. The van der Waals surface area contributed by atoms with Crippen molar-refractivity contribution >= 4 is 0 Å². The molecule has 0 aromatic carbocycles. The van der Waals surface area contributed by atoms with E-state index in [0.29, 0.717) is 23.9 Å². The van der Waals surface area contributed by atoms with E-state index < -0.39 is 0 Å². The van der Waals surface area contributed by atoms with Gasteiger partial charge in [-0.05, 0) is 42.2 Å². The zero-order valence-electron chi connectivity index (χ0n) is 11.6. The predicted octanol–water partition coefficient (Wildman–Crippen LogP) is 3.42. The van der Waals surface area contributed by atoms with Crippen LogP contribution in [0.15, 0.2) is 23.0 Å². The summed E-state index contributed by atoms with van der Waals surface area (Å²) in [5, 5.41) is 10.0. The Morgan fingerprint density at radius 3 is 2.89 bits per heavy atom. The molecule has 0 saturated heterocycles. The highest BCUT2D eigenvalue weighted by atomic mass is 16.5. The van der Waals surface area contributed by atoms with E-state index in [1.165, 1.54) is 16.9 Å². The number of hydrogen-bond acceptors (Lipinski definition) is 2. The lowest BCUT2D eigenvalue weighted by Gasteiger charge is -2.42. The van der Waals surface area contributed by atoms with Crippen LogP contribution in [0, 0.1) is 17.8 Å². The van der Waals surface area contributed by atoms with E-state index in [0.717, 1.165) is 25.7 Å². The van der Waals surface area contributed by atoms with Crippen LogP contribution in [0.5, 0.6) is 0 Å². The third-order valence-corrected chi connectivity index (χ3v) is 5.26. The number of ether oxygens (including phenoxy) is 1. The molecule has 2 heteroatoms. The molecule has 0 aromatic rings. The van der Waals surface area contributed by atoms with Crippen LogP contribution in [0.4, 0.5) is 0 Å². The van der Waals surface area contributed by atoms with Gasteiger partial charge < -0.3 is 9.84 Å². The van der Waals surface area contributed by atoms with Crippen molar-refractivity contribution in [2.24, 2.45) is 17.8 Å². The summed E-state index contributed by atoms with van der Waals surface area (Å²) in [6.07, 6.45) is 6.47. The van der Waals surface area contributed by atoms with Gasteiger partial charge in [-0.3, -0.25) is 0 Å². The summed E-state index contributed by atoms with van der Waals surface area (Å²) in [5.41, 5.74) is 2.83. The zero-order valence-corrected chi connectivity index (χ0v) is 11.6. The Kier molecular flexibility index (Phi) is 3.01. The molecule has 3 unspecified atom stereocenters. The lowest BCUT2D eigenvalue weighted by Crippen LogP contribution is -2.36. The molecule has 0 radical (unpaired) electrons. The molecule has 3 aliphatic rings. The molecule has 0 bridgehead atoms. The SMILES string of the molecule is CCC1OC2=C(C3=CC[C@H](O)[C@@H]3CC2)C(C)C1C. The topological polar surface area (TPSA) is 29.5 Å². The van der Waals surface area contributed by atoms with Gasteiger partial charge in [-0.1, -0.05) is 26.8 Å². The summed E-state index contributed by atoms with van der Waals surface area (Å²) < 4.78 is 6.22. The molecule has 5 atom stereocenters. The molecule has 18 heavy (non-hydrogen) atoms. The normalized spacial score (nSPS) is 43.1. The van der Waals surface area contributed by atoms with Crippen LogP contribution < -0.4 is 0 Å². The van der Waals surface area contributed by atoms with Crippen LogP contribution in [-0.2, 0) is 4.74 Å². The summed E-state index contributed by atoms with van der Waals surface area (Å²) in [5.74, 6) is 2.74. The number of rotatable bonds is 1. The fourth-order valence-corrected chi connectivity index (χ4v) is 3.98. The third-order valence-electron chi connectivity index (χ3n) is 5.26. The van der Waals surface area contributed by atoms with Crippen molar-refractivity contribution in [2.75, 3.05) is 0 Å². The van der Waals surface area contributed by atoms with E-state index in [1.807, 2.05) is 0 Å². The van der Waals surface area contributed by atoms with Crippen molar-refractivity contribution in [1.29, 1.82) is 0 Å². The van der Waals surface area contributed by atoms with E-state index in [1.54, 1.807) is 0 Å². The minimum absolute atomic E-state index is 0.152. The van der Waals surface area contributed by atoms with Gasteiger partial charge in [-0.2, -0.15) is 0 Å². The van der Waals surface area contributed by atoms with Gasteiger partial charge in [0.1, 0.15) is 11.9 Å². The van der Waals surface area contributed by atoms with Crippen LogP contribution in [-0.4, -0.2) is 17.3 Å². The monoisotopic (exact) mass is 248 g/mol. The second-order valence-corrected chi connectivity index (χ2v) is 6.16. The average Bonchev–Trinajstić information content (AvgIpc) is 2.75.